The molecule has 7 heteroatoms. The number of carbonyl (C=O) groups excluding carboxylic acids is 1. The third kappa shape index (κ3) is 10.1. The largest absolute Gasteiger partial charge is 1.00 e. The number of ether oxygens (including phenoxy) is 1. The maximum Gasteiger partial charge on any atom is 1.00 e. The van der Waals surface area contributed by atoms with E-state index in [1.54, 1.807) is 0 Å². The molecule has 0 fully saturated rings. The molecule has 0 saturated carbocycles. The van der Waals surface area contributed by atoms with Gasteiger partial charge in [0.1, 0.15) is 0 Å². The SMILES string of the molecule is C=CC(=O)OCS(=O)(=O)O.[H-].[Na+]. The predicted molar refractivity (Wildman–Crippen MR) is 33.8 cm³/mol. The van der Waals surface area contributed by atoms with Crippen LogP contribution < -0.4 is 29.6 Å². The quantitative estimate of drug-likeness (QED) is 0.218. The molecular weight excluding hydrogens is 183 g/mol. The average Bonchev–Trinajstić information content (AvgIpc) is 1.81. The molecule has 0 amide bonds. The van der Waals surface area contributed by atoms with E-state index in [0.29, 0.717) is 0 Å². The molecule has 0 rings (SSSR count). The first-order valence-electron chi connectivity index (χ1n) is 2.20. The van der Waals surface area contributed by atoms with Crippen molar-refractivity contribution in [1.82, 2.24) is 0 Å². The summed E-state index contributed by atoms with van der Waals surface area (Å²) in [5.41, 5.74) is 0. The Kier molecular flexibility index (Phi) is 7.13. The van der Waals surface area contributed by atoms with Crippen molar-refractivity contribution in [3.63, 3.8) is 0 Å². The van der Waals surface area contributed by atoms with Gasteiger partial charge in [-0.25, -0.2) is 4.79 Å². The van der Waals surface area contributed by atoms with E-state index in [1.807, 2.05) is 0 Å². The minimum atomic E-state index is -4.22. The van der Waals surface area contributed by atoms with Crippen molar-refractivity contribution in [3.8, 4) is 0 Å². The van der Waals surface area contributed by atoms with Gasteiger partial charge in [-0.3, -0.25) is 4.55 Å². The molecule has 0 spiro atoms. The first-order chi connectivity index (χ1) is 4.45. The molecule has 0 aromatic rings. The molecule has 0 radical (unpaired) electrons. The monoisotopic (exact) mass is 190 g/mol. The number of hydrogen-bond acceptors (Lipinski definition) is 4. The summed E-state index contributed by atoms with van der Waals surface area (Å²) in [5.74, 6) is -1.92. The molecule has 0 bridgehead atoms. The fourth-order valence-electron chi connectivity index (χ4n) is 0.191. The van der Waals surface area contributed by atoms with Crippen molar-refractivity contribution in [2.45, 2.75) is 0 Å². The zero-order valence-corrected chi connectivity index (χ0v) is 8.80. The van der Waals surface area contributed by atoms with Gasteiger partial charge in [-0.15, -0.1) is 0 Å². The Bertz CT molecular complexity index is 236. The Hall–Kier alpha value is 0.120. The Morgan fingerprint density at radius 2 is 2.18 bits per heavy atom. The summed E-state index contributed by atoms with van der Waals surface area (Å²) in [4.78, 5) is 10.1. The van der Waals surface area contributed by atoms with Crippen LogP contribution in [0.1, 0.15) is 1.43 Å². The van der Waals surface area contributed by atoms with Crippen LogP contribution >= 0.6 is 0 Å². The van der Waals surface area contributed by atoms with Crippen LogP contribution in [0.2, 0.25) is 0 Å². The van der Waals surface area contributed by atoms with Crippen molar-refractivity contribution in [1.29, 1.82) is 0 Å². The zero-order valence-electron chi connectivity index (χ0n) is 6.98. The second-order valence-corrected chi connectivity index (χ2v) is 2.77. The molecule has 1 N–H and O–H groups in total. The standard InChI is InChI=1S/C4H6O5S.Na.H/c1-2-4(5)9-3-10(6,7)8;;/h2H,1,3H2,(H,6,7,8);;/q;+1;-1. The molecule has 0 aliphatic rings. The van der Waals surface area contributed by atoms with Crippen LogP contribution in [0.4, 0.5) is 0 Å². The van der Waals surface area contributed by atoms with Crippen molar-refractivity contribution in [3.05, 3.63) is 12.7 Å². The maximum atomic E-state index is 10.1. The molecule has 0 aliphatic carbocycles. The summed E-state index contributed by atoms with van der Waals surface area (Å²) in [7, 11) is -4.22. The van der Waals surface area contributed by atoms with Crippen LogP contribution in [0.3, 0.4) is 0 Å². The van der Waals surface area contributed by atoms with Crippen molar-refractivity contribution in [2.24, 2.45) is 0 Å². The Morgan fingerprint density at radius 3 is 2.45 bits per heavy atom. The minimum absolute atomic E-state index is 0. The summed E-state index contributed by atoms with van der Waals surface area (Å²) in [6.45, 7) is 3.01. The Morgan fingerprint density at radius 1 is 1.73 bits per heavy atom. The number of carbonyl (C=O) groups is 1. The normalized spacial score (nSPS) is 9.55. The van der Waals surface area contributed by atoms with Crippen molar-refractivity contribution < 1.29 is 53.5 Å². The maximum absolute atomic E-state index is 10.1. The van der Waals surface area contributed by atoms with Gasteiger partial charge in [0.15, 0.2) is 0 Å². The van der Waals surface area contributed by atoms with Gasteiger partial charge in [0, 0.05) is 6.08 Å². The van der Waals surface area contributed by atoms with E-state index < -0.39 is 22.0 Å². The van der Waals surface area contributed by atoms with Crippen LogP contribution in [0.5, 0.6) is 0 Å². The average molecular weight is 190 g/mol. The molecule has 5 nitrogen and oxygen atoms in total. The van der Waals surface area contributed by atoms with Gasteiger partial charge in [0.2, 0.25) is 5.94 Å². The van der Waals surface area contributed by atoms with Crippen LogP contribution in [0.15, 0.2) is 12.7 Å². The second-order valence-electron chi connectivity index (χ2n) is 1.37. The minimum Gasteiger partial charge on any atom is -1.00 e. The third-order valence-corrected chi connectivity index (χ3v) is 0.932. The number of hydrogen-bond donors (Lipinski definition) is 1. The molecule has 0 unspecified atom stereocenters. The topological polar surface area (TPSA) is 80.7 Å². The van der Waals surface area contributed by atoms with Crippen LogP contribution in [0, 0.1) is 0 Å². The molecule has 11 heavy (non-hydrogen) atoms. The first-order valence-corrected chi connectivity index (χ1v) is 3.81. The van der Waals surface area contributed by atoms with E-state index in [4.69, 9.17) is 4.55 Å². The van der Waals surface area contributed by atoms with Gasteiger partial charge in [-0.1, -0.05) is 6.58 Å². The van der Waals surface area contributed by atoms with E-state index in [9.17, 15) is 13.2 Å². The third-order valence-electron chi connectivity index (χ3n) is 0.517. The van der Waals surface area contributed by atoms with Gasteiger partial charge in [-0.05, 0) is 0 Å². The van der Waals surface area contributed by atoms with Gasteiger partial charge < -0.3 is 6.16 Å². The number of esters is 1. The fraction of sp³-hybridized carbons (Fsp3) is 0.250. The van der Waals surface area contributed by atoms with Gasteiger partial charge in [0.05, 0.1) is 0 Å². The molecule has 0 aromatic heterocycles. The summed E-state index contributed by atoms with van der Waals surface area (Å²) in [6.07, 6.45) is 0.797. The van der Waals surface area contributed by atoms with E-state index in [1.165, 1.54) is 0 Å². The van der Waals surface area contributed by atoms with Gasteiger partial charge in [0.25, 0.3) is 0 Å². The van der Waals surface area contributed by atoms with Gasteiger partial charge >= 0.3 is 45.6 Å². The molecule has 0 atom stereocenters. The van der Waals surface area contributed by atoms with Crippen molar-refractivity contribution >= 4 is 16.1 Å². The molecule has 0 aliphatic heterocycles. The Labute approximate surface area is 87.9 Å². The van der Waals surface area contributed by atoms with Crippen LogP contribution in [0.25, 0.3) is 0 Å². The molecule has 0 aromatic carbocycles. The van der Waals surface area contributed by atoms with Crippen LogP contribution in [-0.2, 0) is 19.6 Å². The van der Waals surface area contributed by atoms with Gasteiger partial charge in [-0.2, -0.15) is 8.42 Å². The fourth-order valence-corrected chi connectivity index (χ4v) is 0.457. The molecule has 0 heterocycles. The first kappa shape index (κ1) is 13.7. The summed E-state index contributed by atoms with van der Waals surface area (Å²) >= 11 is 0. The van der Waals surface area contributed by atoms with Crippen molar-refractivity contribution in [2.75, 3.05) is 5.94 Å². The zero-order chi connectivity index (χ0) is 8.20. The molecule has 0 saturated heterocycles. The predicted octanol–water partition coefficient (Wildman–Crippen LogP) is -3.32. The molecule has 60 valence electrons. The van der Waals surface area contributed by atoms with E-state index >= 15 is 0 Å². The van der Waals surface area contributed by atoms with E-state index in [-0.39, 0.29) is 31.0 Å². The summed E-state index contributed by atoms with van der Waals surface area (Å²) in [6, 6.07) is 0. The van der Waals surface area contributed by atoms with E-state index in [0.717, 1.165) is 6.08 Å². The summed E-state index contributed by atoms with van der Waals surface area (Å²) < 4.78 is 31.8. The molecular formula is C4H7NaO5S. The summed E-state index contributed by atoms with van der Waals surface area (Å²) in [5, 5.41) is 0. The van der Waals surface area contributed by atoms with E-state index in [2.05, 4.69) is 11.3 Å². The van der Waals surface area contributed by atoms with Crippen LogP contribution in [-0.4, -0.2) is 24.9 Å². The Balaban J connectivity index is -0.000000405. The smallest absolute Gasteiger partial charge is 1.00 e. The number of rotatable bonds is 3. The second kappa shape index (κ2) is 5.73.